The predicted molar refractivity (Wildman–Crippen MR) is 85.5 cm³/mol. The number of hydrogen-bond acceptors (Lipinski definition) is 4. The molecule has 0 atom stereocenters. The highest BCUT2D eigenvalue weighted by Crippen LogP contribution is 2.36. The third-order valence-electron chi connectivity index (χ3n) is 3.64. The summed E-state index contributed by atoms with van der Waals surface area (Å²) in [7, 11) is 0. The van der Waals surface area contributed by atoms with Crippen molar-refractivity contribution in [3.05, 3.63) is 48.2 Å². The lowest BCUT2D eigenvalue weighted by Crippen LogP contribution is -2.26. The molecule has 2 aromatic rings. The molecule has 1 saturated carbocycles. The van der Waals surface area contributed by atoms with Crippen LogP contribution in [0, 0.1) is 0 Å². The van der Waals surface area contributed by atoms with Crippen LogP contribution in [0.15, 0.2) is 42.6 Å². The van der Waals surface area contributed by atoms with Crippen LogP contribution in [0.5, 0.6) is 5.75 Å². The van der Waals surface area contributed by atoms with Gasteiger partial charge in [0.25, 0.3) is 0 Å². The average molecular weight is 283 g/mol. The van der Waals surface area contributed by atoms with Crippen molar-refractivity contribution in [3.8, 4) is 5.75 Å². The molecule has 0 unspecified atom stereocenters. The smallest absolute Gasteiger partial charge is 0.171 e. The van der Waals surface area contributed by atoms with E-state index in [-0.39, 0.29) is 0 Å². The Morgan fingerprint density at radius 1 is 1.24 bits per heavy atom. The summed E-state index contributed by atoms with van der Waals surface area (Å²) < 4.78 is 5.73. The van der Waals surface area contributed by atoms with Gasteiger partial charge in [-0.25, -0.2) is 4.98 Å². The van der Waals surface area contributed by atoms with Crippen LogP contribution >= 0.6 is 0 Å². The lowest BCUT2D eigenvalue weighted by Gasteiger charge is -2.25. The number of nitrogens with zero attached hydrogens (tertiary/aromatic N) is 2. The second kappa shape index (κ2) is 6.04. The van der Waals surface area contributed by atoms with E-state index in [1.807, 2.05) is 37.4 Å². The summed E-state index contributed by atoms with van der Waals surface area (Å²) in [6.07, 6.45) is 4.27. The fraction of sp³-hybridized carbons (Fsp3) is 0.353. The van der Waals surface area contributed by atoms with Crippen LogP contribution in [0.25, 0.3) is 0 Å². The molecule has 1 fully saturated rings. The van der Waals surface area contributed by atoms with Crippen LogP contribution in [0.4, 0.5) is 11.5 Å². The molecule has 1 aliphatic rings. The SMILES string of the molecule is CCOc1cccnc1N(Cc1ccc(N)cc1)C1CC1. The molecule has 1 aliphatic carbocycles. The standard InChI is InChI=1S/C17H21N3O/c1-2-21-16-4-3-11-19-17(16)20(15-9-10-15)12-13-5-7-14(18)8-6-13/h3-8,11,15H,2,9-10,12,18H2,1H3. The molecule has 1 heterocycles. The maximum absolute atomic E-state index is 5.76. The second-order valence-corrected chi connectivity index (χ2v) is 5.36. The summed E-state index contributed by atoms with van der Waals surface area (Å²) in [6, 6.07) is 12.5. The van der Waals surface area contributed by atoms with Crippen LogP contribution < -0.4 is 15.4 Å². The van der Waals surface area contributed by atoms with Gasteiger partial charge in [-0.2, -0.15) is 0 Å². The summed E-state index contributed by atoms with van der Waals surface area (Å²) in [5.74, 6) is 1.81. The number of anilines is 2. The third-order valence-corrected chi connectivity index (χ3v) is 3.64. The highest BCUT2D eigenvalue weighted by molar-refractivity contribution is 5.54. The number of nitrogen functional groups attached to an aromatic ring is 1. The van der Waals surface area contributed by atoms with Gasteiger partial charge in [0.15, 0.2) is 11.6 Å². The van der Waals surface area contributed by atoms with E-state index < -0.39 is 0 Å². The van der Waals surface area contributed by atoms with Gasteiger partial charge in [0.2, 0.25) is 0 Å². The lowest BCUT2D eigenvalue weighted by atomic mass is 10.2. The Hall–Kier alpha value is -2.23. The normalized spacial score (nSPS) is 14.0. The average Bonchev–Trinajstić information content (AvgIpc) is 3.33. The fourth-order valence-electron chi connectivity index (χ4n) is 2.45. The highest BCUT2D eigenvalue weighted by atomic mass is 16.5. The van der Waals surface area contributed by atoms with Gasteiger partial charge in [0, 0.05) is 24.5 Å². The first-order valence-electron chi connectivity index (χ1n) is 7.47. The Morgan fingerprint density at radius 3 is 2.67 bits per heavy atom. The quantitative estimate of drug-likeness (QED) is 0.827. The highest BCUT2D eigenvalue weighted by Gasteiger charge is 2.31. The summed E-state index contributed by atoms with van der Waals surface area (Å²) in [4.78, 5) is 6.89. The first-order chi connectivity index (χ1) is 10.3. The molecule has 0 amide bonds. The molecule has 3 rings (SSSR count). The molecule has 0 spiro atoms. The van der Waals surface area contributed by atoms with E-state index >= 15 is 0 Å². The summed E-state index contributed by atoms with van der Waals surface area (Å²) in [6.45, 7) is 3.49. The van der Waals surface area contributed by atoms with Crippen LogP contribution in [-0.4, -0.2) is 17.6 Å². The zero-order chi connectivity index (χ0) is 14.7. The van der Waals surface area contributed by atoms with Gasteiger partial charge in [-0.15, -0.1) is 0 Å². The van der Waals surface area contributed by atoms with E-state index in [9.17, 15) is 0 Å². The molecule has 0 saturated heterocycles. The van der Waals surface area contributed by atoms with Crippen LogP contribution in [-0.2, 0) is 6.54 Å². The maximum atomic E-state index is 5.76. The molecule has 0 bridgehead atoms. The Kier molecular flexibility index (Phi) is 3.95. The van der Waals surface area contributed by atoms with Gasteiger partial charge in [-0.05, 0) is 49.6 Å². The zero-order valence-electron chi connectivity index (χ0n) is 12.3. The maximum Gasteiger partial charge on any atom is 0.171 e. The van der Waals surface area contributed by atoms with Gasteiger partial charge in [-0.3, -0.25) is 0 Å². The van der Waals surface area contributed by atoms with Crippen molar-refractivity contribution in [2.75, 3.05) is 17.2 Å². The molecule has 110 valence electrons. The van der Waals surface area contributed by atoms with Crippen molar-refractivity contribution in [2.45, 2.75) is 32.4 Å². The topological polar surface area (TPSA) is 51.4 Å². The van der Waals surface area contributed by atoms with Crippen LogP contribution in [0.1, 0.15) is 25.3 Å². The first-order valence-corrected chi connectivity index (χ1v) is 7.47. The number of nitrogens with two attached hydrogens (primary N) is 1. The van der Waals surface area contributed by atoms with E-state index in [0.29, 0.717) is 12.6 Å². The van der Waals surface area contributed by atoms with E-state index in [2.05, 4.69) is 22.0 Å². The molecule has 4 nitrogen and oxygen atoms in total. The molecule has 4 heteroatoms. The Balaban J connectivity index is 1.86. The fourth-order valence-corrected chi connectivity index (χ4v) is 2.45. The molecule has 1 aromatic carbocycles. The number of aromatic nitrogens is 1. The number of rotatable bonds is 6. The Labute approximate surface area is 125 Å². The molecule has 1 aromatic heterocycles. The second-order valence-electron chi connectivity index (χ2n) is 5.36. The molecule has 0 radical (unpaired) electrons. The van der Waals surface area contributed by atoms with E-state index in [0.717, 1.165) is 23.8 Å². The zero-order valence-corrected chi connectivity index (χ0v) is 12.3. The van der Waals surface area contributed by atoms with Crippen molar-refractivity contribution in [2.24, 2.45) is 0 Å². The first kappa shape index (κ1) is 13.7. The van der Waals surface area contributed by atoms with Crippen LogP contribution in [0.3, 0.4) is 0 Å². The largest absolute Gasteiger partial charge is 0.490 e. The molecule has 21 heavy (non-hydrogen) atoms. The van der Waals surface area contributed by atoms with E-state index in [1.165, 1.54) is 18.4 Å². The number of benzene rings is 1. The van der Waals surface area contributed by atoms with Gasteiger partial charge >= 0.3 is 0 Å². The monoisotopic (exact) mass is 283 g/mol. The Morgan fingerprint density at radius 2 is 2.00 bits per heavy atom. The summed E-state index contributed by atoms with van der Waals surface area (Å²) in [5, 5.41) is 0. The van der Waals surface area contributed by atoms with Crippen molar-refractivity contribution in [1.82, 2.24) is 4.98 Å². The number of hydrogen-bond donors (Lipinski definition) is 1. The minimum atomic E-state index is 0.566. The van der Waals surface area contributed by atoms with Gasteiger partial charge < -0.3 is 15.4 Å². The number of ether oxygens (including phenoxy) is 1. The molecule has 0 aliphatic heterocycles. The third kappa shape index (κ3) is 3.27. The van der Waals surface area contributed by atoms with E-state index in [1.54, 1.807) is 0 Å². The summed E-state index contributed by atoms with van der Waals surface area (Å²) in [5.41, 5.74) is 7.79. The Bertz CT molecular complexity index is 593. The van der Waals surface area contributed by atoms with E-state index in [4.69, 9.17) is 10.5 Å². The molecule has 2 N–H and O–H groups in total. The van der Waals surface area contributed by atoms with Crippen LogP contribution in [0.2, 0.25) is 0 Å². The van der Waals surface area contributed by atoms with Gasteiger partial charge in [0.1, 0.15) is 0 Å². The summed E-state index contributed by atoms with van der Waals surface area (Å²) >= 11 is 0. The number of pyridine rings is 1. The minimum Gasteiger partial charge on any atom is -0.490 e. The molecular weight excluding hydrogens is 262 g/mol. The lowest BCUT2D eigenvalue weighted by molar-refractivity contribution is 0.338. The predicted octanol–water partition coefficient (Wildman–Crippen LogP) is 3.23. The van der Waals surface area contributed by atoms with Crippen molar-refractivity contribution in [3.63, 3.8) is 0 Å². The van der Waals surface area contributed by atoms with Gasteiger partial charge in [0.05, 0.1) is 6.61 Å². The van der Waals surface area contributed by atoms with Gasteiger partial charge in [-0.1, -0.05) is 12.1 Å². The molecular formula is C17H21N3O. The van der Waals surface area contributed by atoms with Crippen molar-refractivity contribution < 1.29 is 4.74 Å². The minimum absolute atomic E-state index is 0.566. The van der Waals surface area contributed by atoms with Crippen molar-refractivity contribution in [1.29, 1.82) is 0 Å². The van der Waals surface area contributed by atoms with Crippen molar-refractivity contribution >= 4 is 11.5 Å².